The van der Waals surface area contributed by atoms with E-state index in [1.165, 1.54) is 36.4 Å². The average molecular weight is 551 g/mol. The van der Waals surface area contributed by atoms with E-state index >= 15 is 0 Å². The molecule has 39 heavy (non-hydrogen) atoms. The van der Waals surface area contributed by atoms with Crippen LogP contribution >= 0.6 is 0 Å². The summed E-state index contributed by atoms with van der Waals surface area (Å²) in [6.07, 6.45) is 1.99. The fourth-order valence-electron chi connectivity index (χ4n) is 4.45. The van der Waals surface area contributed by atoms with E-state index in [1.54, 1.807) is 56.3 Å². The summed E-state index contributed by atoms with van der Waals surface area (Å²) in [4.78, 5) is 25.7. The van der Waals surface area contributed by atoms with Crippen molar-refractivity contribution < 1.29 is 23.1 Å². The first-order valence-corrected chi connectivity index (χ1v) is 14.3. The molecule has 2 amide bonds. The van der Waals surface area contributed by atoms with Gasteiger partial charge in [0.15, 0.2) is 0 Å². The van der Waals surface area contributed by atoms with Gasteiger partial charge in [-0.1, -0.05) is 30.3 Å². The normalized spacial score (nSPS) is 14.4. The van der Waals surface area contributed by atoms with E-state index in [-0.39, 0.29) is 27.8 Å². The van der Waals surface area contributed by atoms with E-state index in [0.29, 0.717) is 18.2 Å². The Kier molecular flexibility index (Phi) is 8.57. The molecule has 1 aliphatic heterocycles. The lowest BCUT2D eigenvalue weighted by Gasteiger charge is -2.28. The monoisotopic (exact) mass is 550 g/mol. The third kappa shape index (κ3) is 6.58. The number of carbonyl (C=O) groups excluding carboxylic acids is 2. The molecule has 0 spiro atoms. The number of anilines is 2. The number of carbonyl (C=O) groups is 2. The molecular weight excluding hydrogens is 516 g/mol. The van der Waals surface area contributed by atoms with E-state index in [0.717, 1.165) is 30.2 Å². The first kappa shape index (κ1) is 28.1. The Bertz CT molecular complexity index is 1400. The molecule has 3 aromatic rings. The van der Waals surface area contributed by atoms with Crippen LogP contribution in [-0.2, 0) is 14.8 Å². The summed E-state index contributed by atoms with van der Waals surface area (Å²) in [6.45, 7) is 5.68. The third-order valence-electron chi connectivity index (χ3n) is 6.75. The van der Waals surface area contributed by atoms with Crippen LogP contribution in [0.25, 0.3) is 0 Å². The number of hydrogen-bond acceptors (Lipinski definition) is 6. The largest absolute Gasteiger partial charge is 0.506 e. The molecule has 4 rings (SSSR count). The molecule has 0 unspecified atom stereocenters. The maximum atomic E-state index is 13.7. The van der Waals surface area contributed by atoms with E-state index in [1.807, 2.05) is 0 Å². The fraction of sp³-hybridized carbons (Fsp3) is 0.310. The van der Waals surface area contributed by atoms with Gasteiger partial charge >= 0.3 is 0 Å². The average Bonchev–Trinajstić information content (AvgIpc) is 2.94. The molecule has 0 bridgehead atoms. The van der Waals surface area contributed by atoms with Gasteiger partial charge < -0.3 is 21.1 Å². The summed E-state index contributed by atoms with van der Waals surface area (Å²) in [5.74, 6) is -0.567. The van der Waals surface area contributed by atoms with E-state index in [9.17, 15) is 23.1 Å². The second-order valence-corrected chi connectivity index (χ2v) is 11.9. The van der Waals surface area contributed by atoms with Crippen LogP contribution in [0.2, 0.25) is 0 Å². The summed E-state index contributed by atoms with van der Waals surface area (Å²) >= 11 is 0. The van der Waals surface area contributed by atoms with Gasteiger partial charge in [0.25, 0.3) is 15.9 Å². The number of para-hydroxylation sites is 3. The van der Waals surface area contributed by atoms with Gasteiger partial charge in [-0.05, 0) is 94.2 Å². The molecule has 1 aliphatic rings. The van der Waals surface area contributed by atoms with Crippen molar-refractivity contribution in [1.29, 1.82) is 0 Å². The molecule has 9 nitrogen and oxygen atoms in total. The van der Waals surface area contributed by atoms with Crippen LogP contribution in [0.3, 0.4) is 0 Å². The van der Waals surface area contributed by atoms with Crippen molar-refractivity contribution in [3.05, 3.63) is 84.4 Å². The molecule has 1 saturated heterocycles. The van der Waals surface area contributed by atoms with E-state index in [4.69, 9.17) is 0 Å². The third-order valence-corrected chi connectivity index (χ3v) is 8.51. The minimum absolute atomic E-state index is 0.0647. The lowest BCUT2D eigenvalue weighted by atomic mass is 9.97. The molecular formula is C29H34N4O5S. The number of nitrogens with zero attached hydrogens (tertiary/aromatic N) is 1. The number of sulfonamides is 1. The van der Waals surface area contributed by atoms with Crippen molar-refractivity contribution in [2.24, 2.45) is 5.92 Å². The van der Waals surface area contributed by atoms with Gasteiger partial charge in [0.1, 0.15) is 11.3 Å². The molecule has 0 saturated carbocycles. The van der Waals surface area contributed by atoms with Crippen molar-refractivity contribution >= 4 is 33.2 Å². The Morgan fingerprint density at radius 3 is 2.21 bits per heavy atom. The molecule has 1 heterocycles. The minimum atomic E-state index is -4.17. The molecule has 0 aromatic heterocycles. The van der Waals surface area contributed by atoms with Crippen LogP contribution in [0.5, 0.6) is 5.75 Å². The van der Waals surface area contributed by atoms with Gasteiger partial charge in [0.2, 0.25) is 5.91 Å². The Morgan fingerprint density at radius 1 is 0.949 bits per heavy atom. The molecule has 4 N–H and O–H groups in total. The first-order chi connectivity index (χ1) is 18.6. The van der Waals surface area contributed by atoms with Crippen molar-refractivity contribution in [3.63, 3.8) is 0 Å². The minimum Gasteiger partial charge on any atom is -0.506 e. The SMILES string of the molecule is CC(C)(NC(=O)c1ccc(S(=O)(=O)N(c2ccccc2)c2ccccc2O)cc1)C(=O)NCC1CCNCC1. The van der Waals surface area contributed by atoms with Crippen molar-refractivity contribution in [3.8, 4) is 5.75 Å². The molecule has 1 fully saturated rings. The van der Waals surface area contributed by atoms with Crippen LogP contribution in [0.4, 0.5) is 11.4 Å². The number of amides is 2. The van der Waals surface area contributed by atoms with E-state index in [2.05, 4.69) is 16.0 Å². The zero-order chi connectivity index (χ0) is 28.0. The Morgan fingerprint density at radius 2 is 1.56 bits per heavy atom. The highest BCUT2D eigenvalue weighted by molar-refractivity contribution is 7.93. The van der Waals surface area contributed by atoms with Gasteiger partial charge in [0, 0.05) is 12.1 Å². The second-order valence-electron chi connectivity index (χ2n) is 10.1. The number of piperidine rings is 1. The highest BCUT2D eigenvalue weighted by atomic mass is 32.2. The molecule has 0 atom stereocenters. The van der Waals surface area contributed by atoms with Crippen molar-refractivity contribution in [1.82, 2.24) is 16.0 Å². The molecule has 3 aromatic carbocycles. The van der Waals surface area contributed by atoms with Gasteiger partial charge in [0.05, 0.1) is 16.3 Å². The van der Waals surface area contributed by atoms with Gasteiger partial charge in [-0.3, -0.25) is 9.59 Å². The summed E-state index contributed by atoms with van der Waals surface area (Å²) < 4.78 is 28.6. The molecule has 0 aliphatic carbocycles. The second kappa shape index (κ2) is 11.9. The lowest BCUT2D eigenvalue weighted by molar-refractivity contribution is -0.126. The Hall–Kier alpha value is -3.89. The first-order valence-electron chi connectivity index (χ1n) is 12.9. The van der Waals surface area contributed by atoms with Crippen molar-refractivity contribution in [2.45, 2.75) is 37.1 Å². The Labute approximate surface area is 229 Å². The number of benzene rings is 3. The fourth-order valence-corrected chi connectivity index (χ4v) is 5.95. The number of nitrogens with one attached hydrogen (secondary N) is 3. The summed E-state index contributed by atoms with van der Waals surface area (Å²) in [6, 6.07) is 20.1. The predicted octanol–water partition coefficient (Wildman–Crippen LogP) is 3.54. The zero-order valence-electron chi connectivity index (χ0n) is 22.1. The maximum absolute atomic E-state index is 13.7. The summed E-state index contributed by atoms with van der Waals surface area (Å²) in [5, 5.41) is 19.4. The number of aromatic hydroxyl groups is 1. The van der Waals surface area contributed by atoms with Crippen LogP contribution < -0.4 is 20.3 Å². The lowest BCUT2D eigenvalue weighted by Crippen LogP contribution is -2.55. The highest BCUT2D eigenvalue weighted by Gasteiger charge is 2.32. The van der Waals surface area contributed by atoms with Gasteiger partial charge in [-0.2, -0.15) is 0 Å². The summed E-state index contributed by atoms with van der Waals surface area (Å²) in [7, 11) is -4.17. The van der Waals surface area contributed by atoms with Crippen LogP contribution in [0, 0.1) is 5.92 Å². The summed E-state index contributed by atoms with van der Waals surface area (Å²) in [5.41, 5.74) is -0.508. The highest BCUT2D eigenvalue weighted by Crippen LogP contribution is 2.37. The predicted molar refractivity (Wildman–Crippen MR) is 150 cm³/mol. The number of phenols is 1. The number of rotatable bonds is 9. The standard InChI is InChI=1S/C29H34N4O5S/c1-29(2,28(36)31-20-21-16-18-30-19-17-21)32-27(35)22-12-14-24(15-13-22)39(37,38)33(23-8-4-3-5-9-23)25-10-6-7-11-26(25)34/h3-15,21,30,34H,16-20H2,1-2H3,(H,31,36)(H,32,35). The molecule has 10 heteroatoms. The van der Waals surface area contributed by atoms with Gasteiger partial charge in [-0.15, -0.1) is 0 Å². The molecule has 206 valence electrons. The number of hydrogen-bond donors (Lipinski definition) is 4. The topological polar surface area (TPSA) is 128 Å². The smallest absolute Gasteiger partial charge is 0.268 e. The van der Waals surface area contributed by atoms with Crippen molar-refractivity contribution in [2.75, 3.05) is 23.9 Å². The Balaban J connectivity index is 1.50. The van der Waals surface area contributed by atoms with Crippen LogP contribution in [-0.4, -0.2) is 50.5 Å². The quantitative estimate of drug-likeness (QED) is 0.323. The molecule has 0 radical (unpaired) electrons. The van der Waals surface area contributed by atoms with Gasteiger partial charge in [-0.25, -0.2) is 12.7 Å². The zero-order valence-corrected chi connectivity index (χ0v) is 22.9. The van der Waals surface area contributed by atoms with Crippen LogP contribution in [0.1, 0.15) is 37.0 Å². The number of phenolic OH excluding ortho intramolecular Hbond substituents is 1. The van der Waals surface area contributed by atoms with Crippen LogP contribution in [0.15, 0.2) is 83.8 Å². The van der Waals surface area contributed by atoms with E-state index < -0.39 is 21.5 Å². The maximum Gasteiger partial charge on any atom is 0.268 e.